The number of halogens is 3. The molecular formula is C42H62BBrF2N4O9PS+. The number of hydrogen-bond donors (Lipinski definition) is 4. The van der Waals surface area contributed by atoms with Crippen LogP contribution in [0.15, 0.2) is 47.7 Å². The van der Waals surface area contributed by atoms with E-state index in [4.69, 9.17) is 0 Å². The van der Waals surface area contributed by atoms with Crippen molar-refractivity contribution in [1.29, 1.82) is 0 Å². The van der Waals surface area contributed by atoms with Crippen molar-refractivity contribution in [2.45, 2.75) is 121 Å². The zero-order valence-corrected chi connectivity index (χ0v) is 39.2. The van der Waals surface area contributed by atoms with Crippen molar-refractivity contribution >= 4 is 69.9 Å². The van der Waals surface area contributed by atoms with Crippen molar-refractivity contribution in [3.05, 3.63) is 75.8 Å². The number of rotatable bonds is 26. The summed E-state index contributed by atoms with van der Waals surface area (Å²) in [5, 5.41) is 2.43. The van der Waals surface area contributed by atoms with Gasteiger partial charge in [0.25, 0.3) is 10.1 Å². The molecule has 1 amide bonds. The maximum absolute atomic E-state index is 17.0. The Morgan fingerprint density at radius 2 is 1.56 bits per heavy atom. The molecule has 2 aliphatic rings. The smallest absolute Gasteiger partial charge is 0.394 e. The van der Waals surface area contributed by atoms with Crippen LogP contribution in [0.4, 0.5) is 8.63 Å². The lowest BCUT2D eigenvalue weighted by atomic mass is 9.88. The number of allylic oxidation sites excluding steroid dienone is 2. The number of unbranched alkanes of at least 4 members (excludes halogenated alkanes) is 2. The molecule has 2 aliphatic heterocycles. The third-order valence-corrected chi connectivity index (χ3v) is 14.8. The summed E-state index contributed by atoms with van der Waals surface area (Å²) < 4.78 is 80.7. The molecule has 4 rings (SSSR count). The number of aromatic nitrogens is 1. The fraction of sp³-hybridized carbons (Fsp3) is 0.571. The molecule has 1 aromatic carbocycles. The highest BCUT2D eigenvalue weighted by Gasteiger charge is 2.54. The number of aryl methyl sites for hydroxylation is 3. The van der Waals surface area contributed by atoms with Gasteiger partial charge < -0.3 is 37.2 Å². The Morgan fingerprint density at radius 3 is 2.16 bits per heavy atom. The van der Waals surface area contributed by atoms with Crippen LogP contribution in [0.2, 0.25) is 0 Å². The van der Waals surface area contributed by atoms with Gasteiger partial charge in [0.1, 0.15) is 27.9 Å². The summed E-state index contributed by atoms with van der Waals surface area (Å²) in [5.41, 5.74) is 4.67. The van der Waals surface area contributed by atoms with Crippen LogP contribution in [0.3, 0.4) is 0 Å². The first-order chi connectivity index (χ1) is 28.4. The van der Waals surface area contributed by atoms with E-state index in [0.29, 0.717) is 72.1 Å². The van der Waals surface area contributed by atoms with Gasteiger partial charge in [0, 0.05) is 61.9 Å². The normalized spacial score (nSPS) is 16.1. The number of alkyl halides is 1. The second kappa shape index (κ2) is 21.5. The molecule has 1 unspecified atom stereocenters. The Bertz CT molecular complexity index is 2180. The van der Waals surface area contributed by atoms with Crippen molar-refractivity contribution < 1.29 is 59.3 Å². The first kappa shape index (κ1) is 50.5. The molecule has 0 radical (unpaired) electrons. The quantitative estimate of drug-likeness (QED) is 0.0188. The van der Waals surface area contributed by atoms with Gasteiger partial charge in [-0.05, 0) is 67.0 Å². The zero-order chi connectivity index (χ0) is 45.3. The van der Waals surface area contributed by atoms with Crippen molar-refractivity contribution in [3.8, 4) is 0 Å². The maximum atomic E-state index is 17.0. The van der Waals surface area contributed by atoms with Gasteiger partial charge >= 0.3 is 14.6 Å². The fourth-order valence-corrected chi connectivity index (χ4v) is 9.58. The summed E-state index contributed by atoms with van der Waals surface area (Å²) in [4.78, 5) is 57.7. The minimum absolute atomic E-state index is 0.00519. The number of benzene rings is 1. The Balaban J connectivity index is 1.36. The monoisotopic (exact) mass is 957 g/mol. The number of carbonyl (C=O) groups excluding carboxylic acids is 3. The molecule has 2 aromatic rings. The highest BCUT2D eigenvalue weighted by molar-refractivity contribution is 9.10. The highest BCUT2D eigenvalue weighted by Crippen LogP contribution is 2.55. The number of quaternary nitrogens is 1. The van der Waals surface area contributed by atoms with Gasteiger partial charge in [0.15, 0.2) is 11.5 Å². The van der Waals surface area contributed by atoms with Crippen LogP contribution in [0, 0.1) is 0 Å². The Morgan fingerprint density at radius 1 is 0.902 bits per heavy atom. The van der Waals surface area contributed by atoms with Crippen LogP contribution in [-0.4, -0.2) is 106 Å². The molecule has 4 N–H and O–H groups in total. The molecule has 0 saturated heterocycles. The van der Waals surface area contributed by atoms with Gasteiger partial charge in [-0.1, -0.05) is 73.3 Å². The van der Waals surface area contributed by atoms with Crippen LogP contribution < -0.4 is 5.32 Å². The third kappa shape index (κ3) is 14.5. The lowest BCUT2D eigenvalue weighted by Gasteiger charge is -2.32. The van der Waals surface area contributed by atoms with E-state index in [0.717, 1.165) is 47.0 Å². The van der Waals surface area contributed by atoms with Crippen molar-refractivity contribution in [1.82, 2.24) is 9.79 Å². The Kier molecular flexibility index (Phi) is 17.8. The SMILES string of the molecule is CCCC1=CC(CCC(=O)N[C@@H](CS(=O)(=O)O)C(=O)CCCCCC(=O)CCc2ccc(C(Br)P(=O)(O)O)cc2)=[N+]2C1=Cc1c(CCC)cc(CCC[N+](C)(C)C)n1[B-]2(F)F. The molecule has 61 heavy (non-hydrogen) atoms. The van der Waals surface area contributed by atoms with Gasteiger partial charge in [0.05, 0.1) is 27.7 Å². The molecule has 13 nitrogen and oxygen atoms in total. The summed E-state index contributed by atoms with van der Waals surface area (Å²) in [6.45, 7) is 0.476. The van der Waals surface area contributed by atoms with E-state index in [-0.39, 0.29) is 43.6 Å². The summed E-state index contributed by atoms with van der Waals surface area (Å²) >= 11 is 3.01. The number of fused-ring (bicyclic) bond motifs is 2. The molecule has 338 valence electrons. The predicted molar refractivity (Wildman–Crippen MR) is 238 cm³/mol. The lowest BCUT2D eigenvalue weighted by Crippen LogP contribution is -2.51. The summed E-state index contributed by atoms with van der Waals surface area (Å²) in [6.07, 6.45) is 9.22. The van der Waals surface area contributed by atoms with Crippen molar-refractivity contribution in [3.63, 3.8) is 0 Å². The summed E-state index contributed by atoms with van der Waals surface area (Å²) in [7, 11) is -2.83. The van der Waals surface area contributed by atoms with Gasteiger partial charge in [-0.3, -0.25) is 23.5 Å². The van der Waals surface area contributed by atoms with Crippen molar-refractivity contribution in [2.24, 2.45) is 0 Å². The number of ketones is 2. The van der Waals surface area contributed by atoms with Crippen LogP contribution in [0.25, 0.3) is 6.08 Å². The van der Waals surface area contributed by atoms with Gasteiger partial charge in [-0.2, -0.15) is 8.42 Å². The number of nitrogens with zero attached hydrogens (tertiary/aromatic N) is 3. The minimum Gasteiger partial charge on any atom is -0.394 e. The summed E-state index contributed by atoms with van der Waals surface area (Å²) in [5.74, 6) is -2.36. The van der Waals surface area contributed by atoms with Gasteiger partial charge in [-0.15, -0.1) is 0 Å². The molecule has 19 heteroatoms. The standard InChI is InChI=1S/C42H61BBrF2N4O9PS/c1-6-12-32-26-34(14-11-25-50(3,4)5)48-38(32)28-39-33(13-7-2)27-35(49(39)43(48,45)46)22-24-41(53)47-37(29-61(57,58)59)40(52)16-10-8-9-15-36(51)23-19-30-17-20-31(21-18-30)42(44)60(54,55)56/h17-18,20-21,26-28,37,42H,6-16,19,22-25,29H2,1-5H3,(H3-,47,53,54,55,56,57,58,59)/p+1/t37-,42?/m0/s1. The average Bonchev–Trinajstić information content (AvgIpc) is 3.69. The molecule has 0 spiro atoms. The number of amides is 1. The minimum atomic E-state index is -4.68. The summed E-state index contributed by atoms with van der Waals surface area (Å²) in [6, 6.07) is 6.98. The van der Waals surface area contributed by atoms with Gasteiger partial charge in [-0.25, -0.2) is 0 Å². The van der Waals surface area contributed by atoms with E-state index in [1.165, 1.54) is 4.48 Å². The maximum Gasteiger partial charge on any atom is 0.737 e. The highest BCUT2D eigenvalue weighted by atomic mass is 79.9. The van der Waals surface area contributed by atoms with Crippen molar-refractivity contribution in [2.75, 3.05) is 33.4 Å². The molecule has 1 aromatic heterocycles. The van der Waals surface area contributed by atoms with Crippen LogP contribution in [-0.2, 0) is 48.3 Å². The van der Waals surface area contributed by atoms with E-state index in [1.807, 2.05) is 26.0 Å². The molecule has 2 atom stereocenters. The van der Waals surface area contributed by atoms with Crippen LogP contribution in [0.1, 0.15) is 124 Å². The number of carbonyl (C=O) groups is 3. The third-order valence-electron chi connectivity index (χ3n) is 11.0. The second-order valence-electron chi connectivity index (χ2n) is 17.3. The van der Waals surface area contributed by atoms with E-state index in [9.17, 15) is 41.7 Å². The van der Waals surface area contributed by atoms with Crippen LogP contribution in [0.5, 0.6) is 0 Å². The molecule has 3 heterocycles. The number of Topliss-reactive ketones (excluding diaryl/α,β-unsaturated/α-hetero) is 2. The topological polar surface area (TPSA) is 183 Å². The molecule has 0 bridgehead atoms. The molecule has 0 aliphatic carbocycles. The van der Waals surface area contributed by atoms with E-state index in [1.54, 1.807) is 30.3 Å². The Labute approximate surface area is 367 Å². The number of nitrogens with one attached hydrogen (secondary N) is 1. The predicted octanol–water partition coefficient (Wildman–Crippen LogP) is 7.30. The van der Waals surface area contributed by atoms with E-state index >= 15 is 8.63 Å². The first-order valence-electron chi connectivity index (χ1n) is 21.2. The van der Waals surface area contributed by atoms with Crippen LogP contribution >= 0.6 is 23.5 Å². The van der Waals surface area contributed by atoms with E-state index < -0.39 is 52.7 Å². The second-order valence-corrected chi connectivity index (χ2v) is 22.1. The van der Waals surface area contributed by atoms with Gasteiger partial charge in [0.2, 0.25) is 5.91 Å². The first-order valence-corrected chi connectivity index (χ1v) is 25.4. The fourth-order valence-electron chi connectivity index (χ4n) is 8.02. The van der Waals surface area contributed by atoms with E-state index in [2.05, 4.69) is 42.4 Å². The molecular weight excluding hydrogens is 896 g/mol. The lowest BCUT2D eigenvalue weighted by molar-refractivity contribution is -0.870. The zero-order valence-electron chi connectivity index (χ0n) is 35.9. The molecule has 0 saturated carbocycles. The largest absolute Gasteiger partial charge is 0.737 e. The average molecular weight is 959 g/mol. The number of hydrogen-bond acceptors (Lipinski definition) is 6. The molecule has 0 fully saturated rings. The Hall–Kier alpha value is -3.12.